The highest BCUT2D eigenvalue weighted by molar-refractivity contribution is 5.67. The summed E-state index contributed by atoms with van der Waals surface area (Å²) in [5.74, 6) is -0.299. The van der Waals surface area contributed by atoms with Gasteiger partial charge in [0.15, 0.2) is 0 Å². The zero-order valence-electron chi connectivity index (χ0n) is 13.7. The molecular formula is C16H26FN3O2. The van der Waals surface area contributed by atoms with Crippen LogP contribution in [0.1, 0.15) is 27.7 Å². The summed E-state index contributed by atoms with van der Waals surface area (Å²) in [5, 5.41) is 2.71. The summed E-state index contributed by atoms with van der Waals surface area (Å²) < 4.78 is 18.6. The number of halogens is 1. The first kappa shape index (κ1) is 18.2. The normalized spacial score (nSPS) is 12.6. The third-order valence-electron chi connectivity index (χ3n) is 3.07. The maximum atomic E-state index is 13.4. The molecule has 0 spiro atoms. The number of anilines is 1. The molecule has 0 fully saturated rings. The fraction of sp³-hybridized carbons (Fsp3) is 0.562. The fourth-order valence-corrected chi connectivity index (χ4v) is 2.14. The Hall–Kier alpha value is -1.82. The van der Waals surface area contributed by atoms with Crippen molar-refractivity contribution in [2.24, 2.45) is 5.73 Å². The topological polar surface area (TPSA) is 67.6 Å². The number of alkyl carbamates (subject to hydrolysis) is 1. The van der Waals surface area contributed by atoms with Gasteiger partial charge in [-0.05, 0) is 45.9 Å². The van der Waals surface area contributed by atoms with E-state index in [1.165, 1.54) is 12.1 Å². The van der Waals surface area contributed by atoms with E-state index in [1.807, 2.05) is 17.9 Å². The van der Waals surface area contributed by atoms with Gasteiger partial charge in [-0.25, -0.2) is 9.18 Å². The van der Waals surface area contributed by atoms with Gasteiger partial charge in [0, 0.05) is 25.3 Å². The van der Waals surface area contributed by atoms with Crippen molar-refractivity contribution in [3.8, 4) is 0 Å². The van der Waals surface area contributed by atoms with E-state index in [-0.39, 0.29) is 11.9 Å². The minimum absolute atomic E-state index is 0.140. The van der Waals surface area contributed by atoms with Crippen molar-refractivity contribution in [2.45, 2.75) is 39.3 Å². The van der Waals surface area contributed by atoms with E-state index in [2.05, 4.69) is 5.32 Å². The molecule has 5 nitrogen and oxygen atoms in total. The molecule has 22 heavy (non-hydrogen) atoms. The predicted octanol–water partition coefficient (Wildman–Crippen LogP) is 2.50. The summed E-state index contributed by atoms with van der Waals surface area (Å²) in [4.78, 5) is 13.7. The van der Waals surface area contributed by atoms with E-state index in [9.17, 15) is 9.18 Å². The average molecular weight is 311 g/mol. The molecule has 0 saturated heterocycles. The summed E-state index contributed by atoms with van der Waals surface area (Å²) in [6.45, 7) is 8.69. The number of carbonyl (C=O) groups excluding carboxylic acids is 1. The van der Waals surface area contributed by atoms with Crippen LogP contribution in [-0.2, 0) is 4.74 Å². The summed E-state index contributed by atoms with van der Waals surface area (Å²) >= 11 is 0. The van der Waals surface area contributed by atoms with E-state index in [0.29, 0.717) is 19.6 Å². The number of nitrogens with one attached hydrogen (secondary N) is 1. The van der Waals surface area contributed by atoms with E-state index in [4.69, 9.17) is 10.5 Å². The molecule has 0 aromatic heterocycles. The Bertz CT molecular complexity index is 489. The lowest BCUT2D eigenvalue weighted by Gasteiger charge is -2.32. The molecule has 0 aliphatic heterocycles. The van der Waals surface area contributed by atoms with Gasteiger partial charge in [0.1, 0.15) is 11.4 Å². The molecule has 6 heteroatoms. The monoisotopic (exact) mass is 311 g/mol. The van der Waals surface area contributed by atoms with Crippen molar-refractivity contribution >= 4 is 11.8 Å². The van der Waals surface area contributed by atoms with Crippen LogP contribution in [0.5, 0.6) is 0 Å². The number of hydrogen-bond donors (Lipinski definition) is 2. The van der Waals surface area contributed by atoms with Crippen LogP contribution in [0.3, 0.4) is 0 Å². The van der Waals surface area contributed by atoms with Crippen LogP contribution in [0, 0.1) is 5.82 Å². The number of carbonyl (C=O) groups is 1. The van der Waals surface area contributed by atoms with Gasteiger partial charge in [-0.15, -0.1) is 0 Å². The molecule has 0 bridgehead atoms. The molecule has 1 unspecified atom stereocenters. The second-order valence-electron chi connectivity index (χ2n) is 6.04. The maximum absolute atomic E-state index is 13.4. The molecule has 1 aromatic rings. The third-order valence-corrected chi connectivity index (χ3v) is 3.07. The molecule has 1 rings (SSSR count). The third kappa shape index (κ3) is 5.89. The molecule has 1 amide bonds. The number of hydrogen-bond acceptors (Lipinski definition) is 4. The average Bonchev–Trinajstić information content (AvgIpc) is 2.41. The smallest absolute Gasteiger partial charge is 0.407 e. The van der Waals surface area contributed by atoms with Crippen LogP contribution in [0.25, 0.3) is 0 Å². The molecule has 3 N–H and O–H groups in total. The molecule has 124 valence electrons. The molecule has 1 aromatic carbocycles. The van der Waals surface area contributed by atoms with Crippen LogP contribution in [0.15, 0.2) is 24.3 Å². The van der Waals surface area contributed by atoms with Crippen molar-refractivity contribution in [1.82, 2.24) is 5.32 Å². The highest BCUT2D eigenvalue weighted by Gasteiger charge is 2.20. The zero-order chi connectivity index (χ0) is 16.8. The number of benzene rings is 1. The standard InChI is InChI=1S/C16H26FN3O2/c1-5-20(13-8-6-7-12(17)9-13)14(10-18)11-19-15(21)22-16(2,3)4/h6-9,14H,5,10-11,18H2,1-4H3,(H,19,21). The summed E-state index contributed by atoms with van der Waals surface area (Å²) in [6, 6.07) is 6.19. The van der Waals surface area contributed by atoms with Crippen LogP contribution in [-0.4, -0.2) is 37.4 Å². The Balaban J connectivity index is 2.70. The molecule has 0 heterocycles. The Kier molecular flexibility index (Phi) is 6.61. The lowest BCUT2D eigenvalue weighted by atomic mass is 10.2. The van der Waals surface area contributed by atoms with Crippen molar-refractivity contribution in [3.05, 3.63) is 30.1 Å². The minimum atomic E-state index is -0.546. The van der Waals surface area contributed by atoms with Gasteiger partial charge in [-0.1, -0.05) is 6.07 Å². The number of rotatable bonds is 6. The maximum Gasteiger partial charge on any atom is 0.407 e. The number of ether oxygens (including phenoxy) is 1. The second-order valence-corrected chi connectivity index (χ2v) is 6.04. The quantitative estimate of drug-likeness (QED) is 0.847. The molecule has 0 aliphatic rings. The largest absolute Gasteiger partial charge is 0.444 e. The summed E-state index contributed by atoms with van der Waals surface area (Å²) in [7, 11) is 0. The molecule has 1 atom stereocenters. The predicted molar refractivity (Wildman–Crippen MR) is 86.5 cm³/mol. The fourth-order valence-electron chi connectivity index (χ4n) is 2.14. The number of nitrogens with zero attached hydrogens (tertiary/aromatic N) is 1. The molecule has 0 saturated carbocycles. The first-order chi connectivity index (χ1) is 10.3. The first-order valence-electron chi connectivity index (χ1n) is 7.46. The Morgan fingerprint density at radius 3 is 2.64 bits per heavy atom. The van der Waals surface area contributed by atoms with Gasteiger partial charge in [-0.3, -0.25) is 0 Å². The van der Waals surface area contributed by atoms with Gasteiger partial charge in [0.05, 0.1) is 6.04 Å². The van der Waals surface area contributed by atoms with E-state index in [1.54, 1.807) is 26.8 Å². The number of nitrogens with two attached hydrogens (primary N) is 1. The van der Waals surface area contributed by atoms with Gasteiger partial charge < -0.3 is 20.7 Å². The van der Waals surface area contributed by atoms with Crippen LogP contribution in [0.4, 0.5) is 14.9 Å². The first-order valence-corrected chi connectivity index (χ1v) is 7.46. The number of amides is 1. The van der Waals surface area contributed by atoms with Gasteiger partial charge in [0.2, 0.25) is 0 Å². The molecular weight excluding hydrogens is 285 g/mol. The highest BCUT2D eigenvalue weighted by Crippen LogP contribution is 2.17. The highest BCUT2D eigenvalue weighted by atomic mass is 19.1. The summed E-state index contributed by atoms with van der Waals surface area (Å²) in [6.07, 6.45) is -0.485. The second kappa shape index (κ2) is 7.98. The van der Waals surface area contributed by atoms with E-state index < -0.39 is 11.7 Å². The van der Waals surface area contributed by atoms with Gasteiger partial charge in [-0.2, -0.15) is 0 Å². The van der Waals surface area contributed by atoms with Gasteiger partial charge >= 0.3 is 6.09 Å². The summed E-state index contributed by atoms with van der Waals surface area (Å²) in [5.41, 5.74) is 6.00. The van der Waals surface area contributed by atoms with Crippen LogP contribution >= 0.6 is 0 Å². The molecule has 0 radical (unpaired) electrons. The van der Waals surface area contributed by atoms with Crippen LogP contribution in [0.2, 0.25) is 0 Å². The van der Waals surface area contributed by atoms with Gasteiger partial charge in [0.25, 0.3) is 0 Å². The van der Waals surface area contributed by atoms with Crippen molar-refractivity contribution in [1.29, 1.82) is 0 Å². The van der Waals surface area contributed by atoms with Crippen LogP contribution < -0.4 is 16.0 Å². The van der Waals surface area contributed by atoms with E-state index in [0.717, 1.165) is 5.69 Å². The van der Waals surface area contributed by atoms with E-state index >= 15 is 0 Å². The Morgan fingerprint density at radius 2 is 2.14 bits per heavy atom. The lowest BCUT2D eigenvalue weighted by molar-refractivity contribution is 0.0524. The Labute approximate surface area is 131 Å². The van der Waals surface area contributed by atoms with Crippen molar-refractivity contribution in [3.63, 3.8) is 0 Å². The number of likely N-dealkylation sites (N-methyl/N-ethyl adjacent to an activating group) is 1. The minimum Gasteiger partial charge on any atom is -0.444 e. The molecule has 0 aliphatic carbocycles. The lowest BCUT2D eigenvalue weighted by Crippen LogP contribution is -2.49. The Morgan fingerprint density at radius 1 is 1.45 bits per heavy atom. The van der Waals surface area contributed by atoms with Crippen molar-refractivity contribution < 1.29 is 13.9 Å². The SMILES string of the molecule is CCN(c1cccc(F)c1)C(CN)CNC(=O)OC(C)(C)C. The zero-order valence-corrected chi connectivity index (χ0v) is 13.7. The van der Waals surface area contributed by atoms with Crippen molar-refractivity contribution in [2.75, 3.05) is 24.5 Å².